The molecule has 1 aromatic heterocycles. The molecule has 10 nitrogen and oxygen atoms in total. The third kappa shape index (κ3) is 4.32. The van der Waals surface area contributed by atoms with Crippen molar-refractivity contribution in [3.63, 3.8) is 0 Å². The molecule has 4 atom stereocenters. The molecule has 1 aliphatic heterocycles. The molecule has 2 aliphatic carbocycles. The highest BCUT2D eigenvalue weighted by Gasteiger charge is 2.48. The monoisotopic (exact) mass is 510 g/mol. The molecule has 2 bridgehead atoms. The van der Waals surface area contributed by atoms with Gasteiger partial charge in [0.2, 0.25) is 5.91 Å². The summed E-state index contributed by atoms with van der Waals surface area (Å²) in [4.78, 5) is 42.9. The van der Waals surface area contributed by atoms with Gasteiger partial charge < -0.3 is 31.3 Å². The van der Waals surface area contributed by atoms with E-state index in [0.717, 1.165) is 17.8 Å². The van der Waals surface area contributed by atoms with Crippen LogP contribution in [0.3, 0.4) is 0 Å². The number of nitrogens with two attached hydrogens (primary N) is 1. The minimum absolute atomic E-state index is 0.123. The van der Waals surface area contributed by atoms with Gasteiger partial charge in [0.15, 0.2) is 5.82 Å². The summed E-state index contributed by atoms with van der Waals surface area (Å²) >= 11 is 6.63. The van der Waals surface area contributed by atoms with Crippen LogP contribution in [-0.2, 0) is 14.3 Å². The van der Waals surface area contributed by atoms with Crippen LogP contribution in [0.1, 0.15) is 23.7 Å². The third-order valence-electron chi connectivity index (χ3n) is 6.90. The van der Waals surface area contributed by atoms with Crippen molar-refractivity contribution < 1.29 is 19.1 Å². The number of benzene rings is 1. The summed E-state index contributed by atoms with van der Waals surface area (Å²) in [6, 6.07) is 6.86. The van der Waals surface area contributed by atoms with Crippen molar-refractivity contribution in [1.29, 1.82) is 0 Å². The first kappa shape index (κ1) is 23.9. The second-order valence-electron chi connectivity index (χ2n) is 9.03. The molecule has 2 aromatic rings. The fourth-order valence-corrected chi connectivity index (χ4v) is 5.51. The predicted octanol–water partition coefficient (Wildman–Crippen LogP) is 2.64. The van der Waals surface area contributed by atoms with Gasteiger partial charge in [-0.2, -0.15) is 0 Å². The molecule has 0 unspecified atom stereocenters. The molecule has 0 radical (unpaired) electrons. The molecule has 3 aliphatic rings. The number of rotatable bonds is 8. The van der Waals surface area contributed by atoms with Crippen molar-refractivity contribution in [3.8, 4) is 0 Å². The van der Waals surface area contributed by atoms with Gasteiger partial charge >= 0.3 is 5.97 Å². The second kappa shape index (κ2) is 9.69. The fourth-order valence-electron chi connectivity index (χ4n) is 5.32. The van der Waals surface area contributed by atoms with Crippen LogP contribution in [0.25, 0.3) is 0 Å². The highest BCUT2D eigenvalue weighted by molar-refractivity contribution is 6.34. The number of esters is 1. The maximum atomic E-state index is 12.6. The number of hydrogen-bond acceptors (Lipinski definition) is 8. The quantitative estimate of drug-likeness (QED) is 0.314. The van der Waals surface area contributed by atoms with Gasteiger partial charge in [-0.05, 0) is 43.4 Å². The van der Waals surface area contributed by atoms with E-state index in [2.05, 4.69) is 33.1 Å². The summed E-state index contributed by atoms with van der Waals surface area (Å²) in [6.45, 7) is 2.15. The van der Waals surface area contributed by atoms with E-state index in [1.807, 2.05) is 11.0 Å². The molecular formula is C25H27ClN6O4. The first-order valence-corrected chi connectivity index (χ1v) is 12.2. The predicted molar refractivity (Wildman–Crippen MR) is 136 cm³/mol. The maximum absolute atomic E-state index is 12.6. The number of primary amides is 1. The zero-order valence-corrected chi connectivity index (χ0v) is 20.4. The van der Waals surface area contributed by atoms with Crippen LogP contribution in [0, 0.1) is 17.8 Å². The molecule has 0 spiro atoms. The Morgan fingerprint density at radius 1 is 1.28 bits per heavy atom. The fraction of sp³-hybridized carbons (Fsp3) is 0.360. The summed E-state index contributed by atoms with van der Waals surface area (Å²) in [5.74, 6) is -0.608. The Hall–Kier alpha value is -3.79. The summed E-state index contributed by atoms with van der Waals surface area (Å²) in [6.07, 6.45) is 6.65. The van der Waals surface area contributed by atoms with Gasteiger partial charge in [0.25, 0.3) is 5.91 Å². The van der Waals surface area contributed by atoms with Gasteiger partial charge in [0, 0.05) is 17.3 Å². The summed E-state index contributed by atoms with van der Waals surface area (Å²) in [5.41, 5.74) is 8.26. The van der Waals surface area contributed by atoms with E-state index >= 15 is 0 Å². The van der Waals surface area contributed by atoms with Gasteiger partial charge in [-0.3, -0.25) is 14.4 Å². The number of nitrogens with one attached hydrogen (secondary N) is 3. The van der Waals surface area contributed by atoms with E-state index in [-0.39, 0.29) is 42.9 Å². The Labute approximate surface area is 213 Å². The Kier molecular flexibility index (Phi) is 6.44. The van der Waals surface area contributed by atoms with E-state index in [0.29, 0.717) is 28.8 Å². The van der Waals surface area contributed by atoms with E-state index in [1.54, 1.807) is 31.3 Å². The van der Waals surface area contributed by atoms with Crippen LogP contribution in [0.4, 0.5) is 22.9 Å². The van der Waals surface area contributed by atoms with Gasteiger partial charge in [-0.1, -0.05) is 29.8 Å². The standard InChI is InChI=1S/C25H27ClN6O4/c1-2-36-18(33)11-29-25(35)15-4-3-5-16(9-15)32-12-30-24-22(32)21(17(26)10-28-24)31-20-14-7-6-13(8-14)19(20)23(27)34/h3-7,9-10,13-14,19-20H,2,8,11-12H2,1H3,(H2,27,34)(H,29,35)(H2,28,30,31)/t13-,14-,19-,20-/m1/s1. The summed E-state index contributed by atoms with van der Waals surface area (Å²) < 4.78 is 4.86. The normalized spacial score (nSPS) is 23.2. The number of carbonyl (C=O) groups excluding carboxylic acids is 3. The minimum Gasteiger partial charge on any atom is -0.465 e. The van der Waals surface area contributed by atoms with Crippen LogP contribution < -0.4 is 26.6 Å². The number of amides is 2. The van der Waals surface area contributed by atoms with Crippen LogP contribution >= 0.6 is 11.6 Å². The van der Waals surface area contributed by atoms with Crippen molar-refractivity contribution >= 4 is 52.3 Å². The Morgan fingerprint density at radius 2 is 2.08 bits per heavy atom. The van der Waals surface area contributed by atoms with Crippen molar-refractivity contribution in [3.05, 3.63) is 53.2 Å². The molecule has 1 saturated carbocycles. The molecule has 2 heterocycles. The van der Waals surface area contributed by atoms with Crippen LogP contribution in [0.2, 0.25) is 5.02 Å². The Morgan fingerprint density at radius 3 is 2.86 bits per heavy atom. The molecule has 11 heteroatoms. The molecule has 5 rings (SSSR count). The lowest BCUT2D eigenvalue weighted by molar-refractivity contribution is -0.141. The SMILES string of the molecule is CCOC(=O)CNC(=O)c1cccc(N2CNc3ncc(Cl)c(N[C@H]4[C@H](C(N)=O)[C@@H]5C=C[C@@H]4C5)c32)c1. The van der Waals surface area contributed by atoms with Gasteiger partial charge in [-0.25, -0.2) is 4.98 Å². The Bertz CT molecular complexity index is 1250. The van der Waals surface area contributed by atoms with E-state index in [1.165, 1.54) is 0 Å². The van der Waals surface area contributed by atoms with Crippen molar-refractivity contribution in [2.75, 3.05) is 35.4 Å². The highest BCUT2D eigenvalue weighted by atomic mass is 35.5. The second-order valence-corrected chi connectivity index (χ2v) is 9.43. The number of hydrogen-bond donors (Lipinski definition) is 4. The lowest BCUT2D eigenvalue weighted by atomic mass is 9.88. The first-order chi connectivity index (χ1) is 17.4. The highest BCUT2D eigenvalue weighted by Crippen LogP contribution is 2.49. The summed E-state index contributed by atoms with van der Waals surface area (Å²) in [5, 5.41) is 9.77. The average Bonchev–Trinajstić information content (AvgIpc) is 3.59. The van der Waals surface area contributed by atoms with Crippen molar-refractivity contribution in [2.45, 2.75) is 19.4 Å². The maximum Gasteiger partial charge on any atom is 0.325 e. The number of anilines is 4. The lowest BCUT2D eigenvalue weighted by Gasteiger charge is -2.30. The Balaban J connectivity index is 1.42. The average molecular weight is 511 g/mol. The topological polar surface area (TPSA) is 139 Å². The zero-order chi connectivity index (χ0) is 25.4. The molecule has 2 amide bonds. The number of nitrogens with zero attached hydrogens (tertiary/aromatic N) is 2. The number of halogens is 1. The van der Waals surface area contributed by atoms with Crippen LogP contribution in [0.5, 0.6) is 0 Å². The lowest BCUT2D eigenvalue weighted by Crippen LogP contribution is -2.41. The first-order valence-electron chi connectivity index (χ1n) is 11.8. The van der Waals surface area contributed by atoms with E-state index in [4.69, 9.17) is 22.1 Å². The van der Waals surface area contributed by atoms with Gasteiger partial charge in [-0.15, -0.1) is 0 Å². The zero-order valence-electron chi connectivity index (χ0n) is 19.7. The molecule has 5 N–H and O–H groups in total. The molecule has 0 saturated heterocycles. The number of fused-ring (bicyclic) bond motifs is 3. The molecule has 1 fully saturated rings. The third-order valence-corrected chi connectivity index (χ3v) is 7.19. The molecule has 188 valence electrons. The number of aromatic nitrogens is 1. The van der Waals surface area contributed by atoms with Crippen LogP contribution in [-0.4, -0.2) is 48.6 Å². The minimum atomic E-state index is -0.499. The number of ether oxygens (including phenoxy) is 1. The van der Waals surface area contributed by atoms with Crippen LogP contribution in [0.15, 0.2) is 42.6 Å². The largest absolute Gasteiger partial charge is 0.465 e. The smallest absolute Gasteiger partial charge is 0.325 e. The van der Waals surface area contributed by atoms with Gasteiger partial charge in [0.1, 0.15) is 12.2 Å². The van der Waals surface area contributed by atoms with E-state index < -0.39 is 11.9 Å². The molecular weight excluding hydrogens is 484 g/mol. The number of pyridine rings is 1. The van der Waals surface area contributed by atoms with Crippen molar-refractivity contribution in [2.24, 2.45) is 23.5 Å². The molecule has 36 heavy (non-hydrogen) atoms. The summed E-state index contributed by atoms with van der Waals surface area (Å²) in [7, 11) is 0. The number of carbonyl (C=O) groups is 3. The van der Waals surface area contributed by atoms with E-state index in [9.17, 15) is 14.4 Å². The van der Waals surface area contributed by atoms with Gasteiger partial charge in [0.05, 0.1) is 36.1 Å². The van der Waals surface area contributed by atoms with Crippen molar-refractivity contribution in [1.82, 2.24) is 10.3 Å². The number of allylic oxidation sites excluding steroid dienone is 1. The molecule has 1 aromatic carbocycles.